The Labute approximate surface area is 153 Å². The van der Waals surface area contributed by atoms with Crippen LogP contribution in [-0.4, -0.2) is 41.9 Å². The fraction of sp³-hybridized carbons (Fsp3) is 0.444. The first-order chi connectivity index (χ1) is 12.2. The maximum atomic E-state index is 12.9. The van der Waals surface area contributed by atoms with Crippen molar-refractivity contribution in [2.75, 3.05) is 18.1 Å². The van der Waals surface area contributed by atoms with Gasteiger partial charge in [0.1, 0.15) is 5.56 Å². The van der Waals surface area contributed by atoms with Crippen LogP contribution in [0, 0.1) is 12.8 Å². The van der Waals surface area contributed by atoms with E-state index < -0.39 is 9.84 Å². The molecule has 2 N–H and O–H groups in total. The number of hydrogen-bond donors (Lipinski definition) is 2. The molecule has 2 aromatic rings. The summed E-state index contributed by atoms with van der Waals surface area (Å²) in [5.41, 5.74) is 1.48. The predicted molar refractivity (Wildman–Crippen MR) is 98.5 cm³/mol. The summed E-state index contributed by atoms with van der Waals surface area (Å²) in [7, 11) is -3.44. The summed E-state index contributed by atoms with van der Waals surface area (Å²) >= 11 is 0. The summed E-state index contributed by atoms with van der Waals surface area (Å²) in [6, 6.07) is 2.95. The van der Waals surface area contributed by atoms with Gasteiger partial charge >= 0.3 is 0 Å². The smallest absolute Gasteiger partial charge is 0.220 e. The molecule has 3 rings (SSSR count). The Morgan fingerprint density at radius 1 is 1.35 bits per heavy atom. The molecule has 0 bridgehead atoms. The maximum Gasteiger partial charge on any atom is 0.220 e. The summed E-state index contributed by atoms with van der Waals surface area (Å²) in [5.74, 6) is -0.0150. The molecule has 140 valence electrons. The van der Waals surface area contributed by atoms with Gasteiger partial charge in [-0.3, -0.25) is 4.79 Å². The molecule has 1 aromatic carbocycles. The summed E-state index contributed by atoms with van der Waals surface area (Å²) in [6.07, 6.45) is 4.75. The molecule has 1 saturated carbocycles. The predicted octanol–water partition coefficient (Wildman–Crippen LogP) is 2.37. The normalized spacial score (nSPS) is 14.4. The van der Waals surface area contributed by atoms with E-state index in [1.807, 2.05) is 6.92 Å². The molecule has 0 spiro atoms. The second-order valence-corrected chi connectivity index (χ2v) is 8.72. The Balaban J connectivity index is 2.05. The van der Waals surface area contributed by atoms with E-state index in [0.29, 0.717) is 35.8 Å². The van der Waals surface area contributed by atoms with Crippen molar-refractivity contribution in [1.82, 2.24) is 9.78 Å². The van der Waals surface area contributed by atoms with Gasteiger partial charge in [-0.25, -0.2) is 13.1 Å². The molecule has 0 radical (unpaired) electrons. The number of aromatic hydroxyl groups is 1. The second-order valence-electron chi connectivity index (χ2n) is 6.73. The number of benzene rings is 1. The highest BCUT2D eigenvalue weighted by Crippen LogP contribution is 2.34. The average molecular weight is 377 g/mol. The first-order valence-electron chi connectivity index (χ1n) is 8.61. The number of rotatable bonds is 7. The number of anilines is 1. The van der Waals surface area contributed by atoms with Crippen LogP contribution in [-0.2, 0) is 16.4 Å². The first-order valence-corrected chi connectivity index (χ1v) is 10.5. The third-order valence-corrected chi connectivity index (χ3v) is 5.83. The van der Waals surface area contributed by atoms with Gasteiger partial charge in [0.25, 0.3) is 0 Å². The minimum atomic E-state index is -3.44. The van der Waals surface area contributed by atoms with E-state index in [-0.39, 0.29) is 22.1 Å². The van der Waals surface area contributed by atoms with Crippen molar-refractivity contribution in [2.45, 2.75) is 38.1 Å². The highest BCUT2D eigenvalue weighted by Gasteiger charge is 2.26. The molecule has 8 heteroatoms. The quantitative estimate of drug-likeness (QED) is 0.719. The van der Waals surface area contributed by atoms with Crippen molar-refractivity contribution in [3.05, 3.63) is 35.0 Å². The van der Waals surface area contributed by atoms with Crippen LogP contribution in [0.4, 0.5) is 5.69 Å². The van der Waals surface area contributed by atoms with E-state index >= 15 is 0 Å². The largest absolute Gasteiger partial charge is 0.493 e. The molecule has 1 fully saturated rings. The molecule has 1 aliphatic carbocycles. The van der Waals surface area contributed by atoms with Gasteiger partial charge in [0.15, 0.2) is 15.6 Å². The van der Waals surface area contributed by atoms with Crippen LogP contribution in [0.25, 0.3) is 0 Å². The Morgan fingerprint density at radius 2 is 2.04 bits per heavy atom. The maximum absolute atomic E-state index is 12.9. The van der Waals surface area contributed by atoms with Crippen molar-refractivity contribution in [2.24, 2.45) is 5.92 Å². The van der Waals surface area contributed by atoms with Gasteiger partial charge in [0.05, 0.1) is 16.8 Å². The number of nitrogens with zero attached hydrogens (tertiary/aromatic N) is 2. The van der Waals surface area contributed by atoms with Gasteiger partial charge in [0.2, 0.25) is 5.88 Å². The zero-order chi connectivity index (χ0) is 19.1. The van der Waals surface area contributed by atoms with Crippen LogP contribution in [0.5, 0.6) is 5.88 Å². The van der Waals surface area contributed by atoms with Crippen LogP contribution in [0.15, 0.2) is 23.2 Å². The fourth-order valence-corrected chi connectivity index (χ4v) is 3.86. The Hall–Kier alpha value is -2.35. The highest BCUT2D eigenvalue weighted by atomic mass is 32.2. The van der Waals surface area contributed by atoms with E-state index in [1.165, 1.54) is 23.0 Å². The molecule has 0 amide bonds. The monoisotopic (exact) mass is 377 g/mol. The zero-order valence-electron chi connectivity index (χ0n) is 15.1. The standard InChI is InChI=1S/C18H23N3O4S/c1-4-21-18(23)14(10-20-21)17(22)13-7-8-15(26(3,24)25)16(11(13)2)19-9-12-5-6-12/h7-8,10,12,19,23H,4-6,9H2,1-3H3. The lowest BCUT2D eigenvalue weighted by Crippen LogP contribution is -2.13. The highest BCUT2D eigenvalue weighted by molar-refractivity contribution is 7.90. The molecule has 7 nitrogen and oxygen atoms in total. The summed E-state index contributed by atoms with van der Waals surface area (Å²) in [6.45, 7) is 4.66. The number of carbonyl (C=O) groups is 1. The van der Waals surface area contributed by atoms with Gasteiger partial charge < -0.3 is 10.4 Å². The lowest BCUT2D eigenvalue weighted by molar-refractivity contribution is 0.103. The van der Waals surface area contributed by atoms with E-state index in [9.17, 15) is 18.3 Å². The van der Waals surface area contributed by atoms with Crippen LogP contribution in [0.1, 0.15) is 41.3 Å². The second kappa shape index (κ2) is 6.75. The van der Waals surface area contributed by atoms with Crippen LogP contribution in [0.3, 0.4) is 0 Å². The SMILES string of the molecule is CCn1ncc(C(=O)c2ccc(S(C)(=O)=O)c(NCC3CC3)c2C)c1O. The molecule has 1 heterocycles. The lowest BCUT2D eigenvalue weighted by atomic mass is 9.99. The van der Waals surface area contributed by atoms with Crippen LogP contribution < -0.4 is 5.32 Å². The number of hydrogen-bond acceptors (Lipinski definition) is 6. The number of aromatic nitrogens is 2. The van der Waals surface area contributed by atoms with Crippen LogP contribution in [0.2, 0.25) is 0 Å². The van der Waals surface area contributed by atoms with Gasteiger partial charge in [-0.05, 0) is 50.3 Å². The first kappa shape index (κ1) is 18.4. The topological polar surface area (TPSA) is 101 Å². The minimum Gasteiger partial charge on any atom is -0.493 e. The van der Waals surface area contributed by atoms with Gasteiger partial charge in [-0.1, -0.05) is 0 Å². The third-order valence-electron chi connectivity index (χ3n) is 4.69. The van der Waals surface area contributed by atoms with Crippen LogP contribution >= 0.6 is 0 Å². The molecular formula is C18H23N3O4S. The Morgan fingerprint density at radius 3 is 2.58 bits per heavy atom. The number of nitrogens with one attached hydrogen (secondary N) is 1. The van der Waals surface area contributed by atoms with E-state index in [0.717, 1.165) is 19.1 Å². The fourth-order valence-electron chi connectivity index (χ4n) is 2.95. The molecular weight excluding hydrogens is 354 g/mol. The molecule has 0 unspecified atom stereocenters. The number of aryl methyl sites for hydroxylation is 1. The number of carbonyl (C=O) groups excluding carboxylic acids is 1. The Bertz CT molecular complexity index is 959. The zero-order valence-corrected chi connectivity index (χ0v) is 15.9. The van der Waals surface area contributed by atoms with E-state index in [1.54, 1.807) is 6.92 Å². The molecule has 26 heavy (non-hydrogen) atoms. The Kier molecular flexibility index (Phi) is 4.79. The van der Waals surface area contributed by atoms with Crippen molar-refractivity contribution < 1.29 is 18.3 Å². The molecule has 1 aliphatic rings. The number of ketones is 1. The molecule has 0 aliphatic heterocycles. The third kappa shape index (κ3) is 3.46. The lowest BCUT2D eigenvalue weighted by Gasteiger charge is -2.16. The van der Waals surface area contributed by atoms with E-state index in [4.69, 9.17) is 0 Å². The van der Waals surface area contributed by atoms with Crippen molar-refractivity contribution in [3.63, 3.8) is 0 Å². The van der Waals surface area contributed by atoms with Gasteiger partial charge in [-0.15, -0.1) is 0 Å². The van der Waals surface area contributed by atoms with E-state index in [2.05, 4.69) is 10.4 Å². The molecule has 0 saturated heterocycles. The number of sulfone groups is 1. The molecule has 1 aromatic heterocycles. The molecule has 0 atom stereocenters. The van der Waals surface area contributed by atoms with Gasteiger partial charge in [0, 0.05) is 24.9 Å². The van der Waals surface area contributed by atoms with Crippen molar-refractivity contribution >= 4 is 21.3 Å². The summed E-state index contributed by atoms with van der Waals surface area (Å²) in [5, 5.41) is 17.4. The van der Waals surface area contributed by atoms with Crippen molar-refractivity contribution in [1.29, 1.82) is 0 Å². The average Bonchev–Trinajstić information content (AvgIpc) is 3.33. The summed E-state index contributed by atoms with van der Waals surface area (Å²) in [4.78, 5) is 13.1. The summed E-state index contributed by atoms with van der Waals surface area (Å²) < 4.78 is 25.6. The van der Waals surface area contributed by atoms with Gasteiger partial charge in [-0.2, -0.15) is 5.10 Å². The minimum absolute atomic E-state index is 0.107. The van der Waals surface area contributed by atoms with Crippen molar-refractivity contribution in [3.8, 4) is 5.88 Å².